The molecule has 3 rings (SSSR count). The maximum absolute atomic E-state index is 12.3. The van der Waals surface area contributed by atoms with E-state index in [2.05, 4.69) is 0 Å². The van der Waals surface area contributed by atoms with Gasteiger partial charge in [-0.3, -0.25) is 9.59 Å². The van der Waals surface area contributed by atoms with Gasteiger partial charge in [0.1, 0.15) is 5.75 Å². The van der Waals surface area contributed by atoms with E-state index in [1.54, 1.807) is 6.07 Å². The van der Waals surface area contributed by atoms with Crippen LogP contribution in [0, 0.1) is 0 Å². The molecule has 0 aromatic heterocycles. The quantitative estimate of drug-likeness (QED) is 0.599. The molecule has 0 unspecified atom stereocenters. The molecule has 6 heteroatoms. The summed E-state index contributed by atoms with van der Waals surface area (Å²) in [6, 6.07) is 11.8. The van der Waals surface area contributed by atoms with E-state index in [0.29, 0.717) is 16.9 Å². The number of carbonyl (C=O) groups excluding carboxylic acids is 3. The van der Waals surface area contributed by atoms with Gasteiger partial charge >= 0.3 is 5.97 Å². The number of nitrogens with two attached hydrogens (primary N) is 1. The van der Waals surface area contributed by atoms with E-state index in [1.165, 1.54) is 41.8 Å². The summed E-state index contributed by atoms with van der Waals surface area (Å²) in [5.74, 6) is -0.990. The number of fused-ring (bicyclic) bond motifs is 1. The lowest BCUT2D eigenvalue weighted by atomic mass is 9.90. The summed E-state index contributed by atoms with van der Waals surface area (Å²) in [4.78, 5) is 35.1. The average Bonchev–Trinajstić information content (AvgIpc) is 2.70. The Hall–Kier alpha value is -3.15. The number of Topliss-reactive ketones (excluding diaryl/α,β-unsaturated/α-hetero) is 1. The van der Waals surface area contributed by atoms with Crippen LogP contribution in [0.25, 0.3) is 0 Å². The fourth-order valence-corrected chi connectivity index (χ4v) is 3.05. The van der Waals surface area contributed by atoms with Crippen LogP contribution in [-0.4, -0.2) is 30.9 Å². The number of ketones is 1. The summed E-state index contributed by atoms with van der Waals surface area (Å²) in [7, 11) is 0. The second-order valence-electron chi connectivity index (χ2n) is 6.47. The highest BCUT2D eigenvalue weighted by molar-refractivity contribution is 5.99. The standard InChI is InChI=1S/C21H21NO5/c22-20(24)13-26-18-9-7-15(8-10-18)21(25)27-12-19(23)17-6-5-14-3-1-2-4-16(14)11-17/h5-11H,1-4,12-13H2,(H2,22,24). The normalized spacial score (nSPS) is 12.7. The number of carbonyl (C=O) groups is 3. The number of esters is 1. The van der Waals surface area contributed by atoms with Gasteiger partial charge in [-0.2, -0.15) is 0 Å². The van der Waals surface area contributed by atoms with Gasteiger partial charge in [0, 0.05) is 5.56 Å². The molecule has 140 valence electrons. The topological polar surface area (TPSA) is 95.7 Å². The van der Waals surface area contributed by atoms with Crippen molar-refractivity contribution in [2.24, 2.45) is 5.73 Å². The van der Waals surface area contributed by atoms with Crippen LogP contribution >= 0.6 is 0 Å². The van der Waals surface area contributed by atoms with E-state index in [-0.39, 0.29) is 19.0 Å². The molecule has 1 amide bonds. The minimum absolute atomic E-state index is 0.224. The van der Waals surface area contributed by atoms with E-state index in [1.807, 2.05) is 12.1 Å². The smallest absolute Gasteiger partial charge is 0.338 e. The zero-order valence-electron chi connectivity index (χ0n) is 14.9. The van der Waals surface area contributed by atoms with E-state index >= 15 is 0 Å². The maximum atomic E-state index is 12.3. The Balaban J connectivity index is 1.55. The van der Waals surface area contributed by atoms with E-state index in [0.717, 1.165) is 19.3 Å². The predicted octanol–water partition coefficient (Wildman–Crippen LogP) is 2.47. The van der Waals surface area contributed by atoms with Crippen LogP contribution in [-0.2, 0) is 22.4 Å². The molecule has 1 aliphatic rings. The number of primary amides is 1. The van der Waals surface area contributed by atoms with Gasteiger partial charge in [-0.05, 0) is 67.1 Å². The third-order valence-corrected chi connectivity index (χ3v) is 4.48. The van der Waals surface area contributed by atoms with Crippen molar-refractivity contribution in [2.75, 3.05) is 13.2 Å². The molecule has 0 heterocycles. The van der Waals surface area contributed by atoms with Crippen LogP contribution in [0.3, 0.4) is 0 Å². The molecule has 2 aromatic carbocycles. The lowest BCUT2D eigenvalue weighted by Crippen LogP contribution is -2.20. The van der Waals surface area contributed by atoms with Gasteiger partial charge < -0.3 is 15.2 Å². The number of hydrogen-bond donors (Lipinski definition) is 1. The SMILES string of the molecule is NC(=O)COc1ccc(C(=O)OCC(=O)c2ccc3c(c2)CCCC3)cc1. The minimum atomic E-state index is -0.595. The fraction of sp³-hybridized carbons (Fsp3) is 0.286. The summed E-state index contributed by atoms with van der Waals surface area (Å²) in [6.07, 6.45) is 4.36. The highest BCUT2D eigenvalue weighted by Crippen LogP contribution is 2.22. The van der Waals surface area contributed by atoms with Gasteiger partial charge in [0.2, 0.25) is 0 Å². The zero-order valence-corrected chi connectivity index (χ0v) is 14.9. The molecule has 0 spiro atoms. The molecule has 0 radical (unpaired) electrons. The monoisotopic (exact) mass is 367 g/mol. The Labute approximate surface area is 157 Å². The van der Waals surface area contributed by atoms with Crippen molar-refractivity contribution in [3.8, 4) is 5.75 Å². The van der Waals surface area contributed by atoms with Crippen molar-refractivity contribution in [3.05, 3.63) is 64.7 Å². The summed E-state index contributed by atoms with van der Waals surface area (Å²) >= 11 is 0. The van der Waals surface area contributed by atoms with Gasteiger partial charge in [-0.1, -0.05) is 12.1 Å². The molecule has 0 atom stereocenters. The lowest BCUT2D eigenvalue weighted by Gasteiger charge is -2.16. The van der Waals surface area contributed by atoms with E-state index in [4.69, 9.17) is 15.2 Å². The summed E-state index contributed by atoms with van der Waals surface area (Å²) < 4.78 is 10.2. The lowest BCUT2D eigenvalue weighted by molar-refractivity contribution is -0.119. The first kappa shape index (κ1) is 18.6. The molecule has 0 aliphatic heterocycles. The Bertz CT molecular complexity index is 857. The number of benzene rings is 2. The molecular weight excluding hydrogens is 346 g/mol. The Morgan fingerprint density at radius 2 is 1.52 bits per heavy atom. The first-order valence-electron chi connectivity index (χ1n) is 8.86. The zero-order chi connectivity index (χ0) is 19.2. The second kappa shape index (κ2) is 8.49. The molecule has 27 heavy (non-hydrogen) atoms. The van der Waals surface area contributed by atoms with Gasteiger partial charge in [-0.15, -0.1) is 0 Å². The number of ether oxygens (including phenoxy) is 2. The van der Waals surface area contributed by atoms with Gasteiger partial charge in [0.15, 0.2) is 19.0 Å². The van der Waals surface area contributed by atoms with E-state index in [9.17, 15) is 14.4 Å². The number of amides is 1. The Kier molecular flexibility index (Phi) is 5.86. The van der Waals surface area contributed by atoms with Crippen LogP contribution in [0.1, 0.15) is 44.7 Å². The Morgan fingerprint density at radius 3 is 2.22 bits per heavy atom. The van der Waals surface area contributed by atoms with Crippen LogP contribution in [0.2, 0.25) is 0 Å². The molecule has 0 saturated heterocycles. The maximum Gasteiger partial charge on any atom is 0.338 e. The molecule has 2 N–H and O–H groups in total. The first-order valence-corrected chi connectivity index (χ1v) is 8.86. The minimum Gasteiger partial charge on any atom is -0.484 e. The van der Waals surface area contributed by atoms with Crippen LogP contribution in [0.5, 0.6) is 5.75 Å². The number of hydrogen-bond acceptors (Lipinski definition) is 5. The Morgan fingerprint density at radius 1 is 0.852 bits per heavy atom. The number of aryl methyl sites for hydroxylation is 2. The van der Waals surface area contributed by atoms with Crippen molar-refractivity contribution in [3.63, 3.8) is 0 Å². The second-order valence-corrected chi connectivity index (χ2v) is 6.47. The van der Waals surface area contributed by atoms with Crippen LogP contribution < -0.4 is 10.5 Å². The van der Waals surface area contributed by atoms with Gasteiger partial charge in [0.25, 0.3) is 5.91 Å². The van der Waals surface area contributed by atoms with Crippen LogP contribution in [0.4, 0.5) is 0 Å². The molecule has 6 nitrogen and oxygen atoms in total. The summed E-state index contributed by atoms with van der Waals surface area (Å²) in [5.41, 5.74) is 8.37. The van der Waals surface area contributed by atoms with E-state index < -0.39 is 11.9 Å². The molecule has 0 bridgehead atoms. The van der Waals surface area contributed by atoms with Crippen LogP contribution in [0.15, 0.2) is 42.5 Å². The highest BCUT2D eigenvalue weighted by Gasteiger charge is 2.15. The molecular formula is C21H21NO5. The largest absolute Gasteiger partial charge is 0.484 e. The van der Waals surface area contributed by atoms with Crippen molar-refractivity contribution in [2.45, 2.75) is 25.7 Å². The third kappa shape index (κ3) is 4.94. The van der Waals surface area contributed by atoms with Crippen molar-refractivity contribution in [1.29, 1.82) is 0 Å². The molecule has 2 aromatic rings. The van der Waals surface area contributed by atoms with Crippen molar-refractivity contribution < 1.29 is 23.9 Å². The van der Waals surface area contributed by atoms with Gasteiger partial charge in [-0.25, -0.2) is 4.79 Å². The van der Waals surface area contributed by atoms with Gasteiger partial charge in [0.05, 0.1) is 5.56 Å². The predicted molar refractivity (Wildman–Crippen MR) is 98.8 cm³/mol. The van der Waals surface area contributed by atoms with Crippen molar-refractivity contribution >= 4 is 17.7 Å². The summed E-state index contributed by atoms with van der Waals surface area (Å²) in [6.45, 7) is -0.545. The first-order chi connectivity index (χ1) is 13.0. The molecule has 0 fully saturated rings. The average molecular weight is 367 g/mol. The summed E-state index contributed by atoms with van der Waals surface area (Å²) in [5, 5.41) is 0. The molecule has 1 aliphatic carbocycles. The number of rotatable bonds is 7. The highest BCUT2D eigenvalue weighted by atomic mass is 16.5. The van der Waals surface area contributed by atoms with Crippen molar-refractivity contribution in [1.82, 2.24) is 0 Å². The third-order valence-electron chi connectivity index (χ3n) is 4.48. The fourth-order valence-electron chi connectivity index (χ4n) is 3.05. The molecule has 0 saturated carbocycles.